The highest BCUT2D eigenvalue weighted by Gasteiger charge is 2.52. The minimum absolute atomic E-state index is 0.0884. The molecule has 1 aliphatic heterocycles. The summed E-state index contributed by atoms with van der Waals surface area (Å²) in [6.45, 7) is 4.28. The number of fused-ring (bicyclic) bond motifs is 1. The lowest BCUT2D eigenvalue weighted by molar-refractivity contribution is -0.286. The van der Waals surface area contributed by atoms with Gasteiger partial charge in [0.25, 0.3) is 5.91 Å². The monoisotopic (exact) mass is 459 g/mol. The molecule has 1 aromatic carbocycles. The Morgan fingerprint density at radius 2 is 1.91 bits per heavy atom. The number of aromatic nitrogens is 1. The van der Waals surface area contributed by atoms with Crippen molar-refractivity contribution < 1.29 is 32.5 Å². The van der Waals surface area contributed by atoms with Gasteiger partial charge in [-0.3, -0.25) is 4.79 Å². The lowest BCUT2D eigenvalue weighted by atomic mass is 9.57. The van der Waals surface area contributed by atoms with Crippen LogP contribution in [0.5, 0.6) is 23.0 Å². The number of nitriles is 1. The van der Waals surface area contributed by atoms with Gasteiger partial charge in [-0.05, 0) is 43.5 Å². The summed E-state index contributed by atoms with van der Waals surface area (Å²) in [7, 11) is 0. The molecule has 1 aromatic heterocycles. The third-order valence-electron chi connectivity index (χ3n) is 5.79. The highest BCUT2D eigenvalue weighted by atomic mass is 19.3. The molecule has 0 unspecified atom stereocenters. The standard InChI is InChI=1S/C23H23F2N3O5/c1-3-22(12-21(2,13-22)14-31-17-5-4-15(9-26)27-10-17)28-20(29)11-30-16-6-7-18-19(8-16)33-23(24,25)32-18/h4-8,10H,3,11-14H2,1-2H3,(H,28,29). The van der Waals surface area contributed by atoms with Crippen LogP contribution in [0.25, 0.3) is 0 Å². The molecule has 1 N–H and O–H groups in total. The molecule has 0 radical (unpaired) electrons. The van der Waals surface area contributed by atoms with E-state index in [4.69, 9.17) is 14.7 Å². The van der Waals surface area contributed by atoms with Crippen LogP contribution in [0.2, 0.25) is 0 Å². The van der Waals surface area contributed by atoms with Crippen molar-refractivity contribution in [3.63, 3.8) is 0 Å². The molecule has 1 amide bonds. The normalized spacial score (nSPS) is 24.3. The largest absolute Gasteiger partial charge is 0.586 e. The second kappa shape index (κ2) is 8.39. The zero-order chi connectivity index (χ0) is 23.7. The van der Waals surface area contributed by atoms with Crippen LogP contribution in [0.3, 0.4) is 0 Å². The van der Waals surface area contributed by atoms with Crippen LogP contribution >= 0.6 is 0 Å². The number of pyridine rings is 1. The van der Waals surface area contributed by atoms with Crippen LogP contribution in [0.1, 0.15) is 38.8 Å². The van der Waals surface area contributed by atoms with Crippen molar-refractivity contribution in [3.8, 4) is 29.1 Å². The molecule has 2 aromatic rings. The van der Waals surface area contributed by atoms with E-state index in [2.05, 4.69) is 26.7 Å². The Kier molecular flexibility index (Phi) is 5.74. The van der Waals surface area contributed by atoms with Crippen molar-refractivity contribution in [3.05, 3.63) is 42.2 Å². The van der Waals surface area contributed by atoms with Crippen molar-refractivity contribution in [1.29, 1.82) is 5.26 Å². The van der Waals surface area contributed by atoms with E-state index in [1.165, 1.54) is 24.4 Å². The molecule has 4 rings (SSSR count). The van der Waals surface area contributed by atoms with Gasteiger partial charge in [0.1, 0.15) is 23.3 Å². The summed E-state index contributed by atoms with van der Waals surface area (Å²) in [5.41, 5.74) is -0.162. The van der Waals surface area contributed by atoms with E-state index in [0.29, 0.717) is 18.1 Å². The van der Waals surface area contributed by atoms with Crippen molar-refractivity contribution in [2.45, 2.75) is 44.9 Å². The minimum Gasteiger partial charge on any atom is -0.491 e. The fraction of sp³-hybridized carbons (Fsp3) is 0.435. The molecule has 33 heavy (non-hydrogen) atoms. The van der Waals surface area contributed by atoms with Gasteiger partial charge in [-0.1, -0.05) is 13.8 Å². The van der Waals surface area contributed by atoms with Gasteiger partial charge >= 0.3 is 6.29 Å². The first-order valence-corrected chi connectivity index (χ1v) is 10.5. The van der Waals surface area contributed by atoms with Gasteiger partial charge in [0.2, 0.25) is 0 Å². The van der Waals surface area contributed by atoms with Crippen molar-refractivity contribution in [1.82, 2.24) is 10.3 Å². The lowest BCUT2D eigenvalue weighted by Crippen LogP contribution is -2.63. The highest BCUT2D eigenvalue weighted by molar-refractivity contribution is 5.78. The SMILES string of the molecule is CCC1(NC(=O)COc2ccc3c(c2)OC(F)(F)O3)CC(C)(COc2ccc(C#N)nc2)C1. The van der Waals surface area contributed by atoms with E-state index in [1.54, 1.807) is 12.1 Å². The molecule has 0 spiro atoms. The number of halogens is 2. The molecule has 2 aliphatic rings. The first kappa shape index (κ1) is 22.6. The van der Waals surface area contributed by atoms with E-state index in [9.17, 15) is 13.6 Å². The summed E-state index contributed by atoms with van der Waals surface area (Å²) in [5, 5.41) is 11.9. The van der Waals surface area contributed by atoms with Gasteiger partial charge in [-0.2, -0.15) is 5.26 Å². The summed E-state index contributed by atoms with van der Waals surface area (Å²) in [5.74, 6) is 0.269. The Labute approximate surface area is 189 Å². The molecule has 0 atom stereocenters. The number of nitrogens with one attached hydrogen (secondary N) is 1. The highest BCUT2D eigenvalue weighted by Crippen LogP contribution is 2.50. The second-order valence-corrected chi connectivity index (χ2v) is 8.69. The van der Waals surface area contributed by atoms with Gasteiger partial charge < -0.3 is 24.3 Å². The van der Waals surface area contributed by atoms with Crippen molar-refractivity contribution in [2.75, 3.05) is 13.2 Å². The molecule has 8 nitrogen and oxygen atoms in total. The fourth-order valence-electron chi connectivity index (χ4n) is 4.40. The number of carbonyl (C=O) groups excluding carboxylic acids is 1. The maximum atomic E-state index is 13.1. The smallest absolute Gasteiger partial charge is 0.491 e. The topological polar surface area (TPSA) is 103 Å². The molecule has 0 saturated heterocycles. The second-order valence-electron chi connectivity index (χ2n) is 8.69. The maximum absolute atomic E-state index is 13.1. The average Bonchev–Trinajstić information content (AvgIpc) is 3.08. The van der Waals surface area contributed by atoms with Crippen LogP contribution in [-0.2, 0) is 4.79 Å². The quantitative estimate of drug-likeness (QED) is 0.641. The number of amides is 1. The van der Waals surface area contributed by atoms with Crippen LogP contribution in [0, 0.1) is 16.7 Å². The summed E-state index contributed by atoms with van der Waals surface area (Å²) < 4.78 is 46.3. The summed E-state index contributed by atoms with van der Waals surface area (Å²) in [6.07, 6.45) is 0.00895. The number of nitrogens with zero attached hydrogens (tertiary/aromatic N) is 2. The summed E-state index contributed by atoms with van der Waals surface area (Å²) in [6, 6.07) is 9.26. The van der Waals surface area contributed by atoms with Gasteiger partial charge in [0.05, 0.1) is 12.8 Å². The first-order chi connectivity index (χ1) is 15.6. The van der Waals surface area contributed by atoms with E-state index in [1.807, 2.05) is 13.0 Å². The average molecular weight is 459 g/mol. The van der Waals surface area contributed by atoms with E-state index >= 15 is 0 Å². The Balaban J connectivity index is 1.26. The predicted molar refractivity (Wildman–Crippen MR) is 111 cm³/mol. The third kappa shape index (κ3) is 5.08. The number of hydrogen-bond acceptors (Lipinski definition) is 7. The summed E-state index contributed by atoms with van der Waals surface area (Å²) >= 11 is 0. The Morgan fingerprint density at radius 3 is 2.58 bits per heavy atom. The van der Waals surface area contributed by atoms with Crippen LogP contribution in [-0.4, -0.2) is 35.9 Å². The van der Waals surface area contributed by atoms with Gasteiger partial charge in [0.15, 0.2) is 18.1 Å². The molecule has 10 heteroatoms. The number of benzene rings is 1. The molecule has 0 bridgehead atoms. The van der Waals surface area contributed by atoms with Crippen LogP contribution in [0.15, 0.2) is 36.5 Å². The Morgan fingerprint density at radius 1 is 1.18 bits per heavy atom. The van der Waals surface area contributed by atoms with Gasteiger partial charge in [-0.25, -0.2) is 4.98 Å². The van der Waals surface area contributed by atoms with E-state index < -0.39 is 6.29 Å². The van der Waals surface area contributed by atoms with Crippen LogP contribution < -0.4 is 24.3 Å². The zero-order valence-corrected chi connectivity index (χ0v) is 18.2. The molecule has 1 saturated carbocycles. The molecule has 2 heterocycles. The number of carbonyl (C=O) groups is 1. The number of ether oxygens (including phenoxy) is 4. The summed E-state index contributed by atoms with van der Waals surface area (Å²) in [4.78, 5) is 16.5. The third-order valence-corrected chi connectivity index (χ3v) is 5.79. The lowest BCUT2D eigenvalue weighted by Gasteiger charge is -2.54. The predicted octanol–water partition coefficient (Wildman–Crippen LogP) is 3.80. The molecule has 1 aliphatic carbocycles. The molecular weight excluding hydrogens is 436 g/mol. The van der Waals surface area contributed by atoms with Gasteiger partial charge in [0, 0.05) is 17.0 Å². The number of hydrogen-bond donors (Lipinski definition) is 1. The Hall–Kier alpha value is -3.61. The zero-order valence-electron chi connectivity index (χ0n) is 18.2. The molecular formula is C23H23F2N3O5. The molecule has 174 valence electrons. The minimum atomic E-state index is -3.71. The number of alkyl halides is 2. The van der Waals surface area contributed by atoms with Crippen molar-refractivity contribution >= 4 is 5.91 Å². The van der Waals surface area contributed by atoms with Crippen LogP contribution in [0.4, 0.5) is 8.78 Å². The van der Waals surface area contributed by atoms with E-state index in [0.717, 1.165) is 19.3 Å². The first-order valence-electron chi connectivity index (χ1n) is 10.5. The maximum Gasteiger partial charge on any atom is 0.586 e. The number of rotatable bonds is 8. The fourth-order valence-corrected chi connectivity index (χ4v) is 4.40. The Bertz CT molecular complexity index is 1080. The van der Waals surface area contributed by atoms with E-state index in [-0.39, 0.29) is 40.7 Å². The molecule has 1 fully saturated rings. The van der Waals surface area contributed by atoms with Gasteiger partial charge in [-0.15, -0.1) is 8.78 Å². The van der Waals surface area contributed by atoms with Crippen molar-refractivity contribution in [2.24, 2.45) is 5.41 Å².